The van der Waals surface area contributed by atoms with Gasteiger partial charge in [-0.15, -0.1) is 0 Å². The molecule has 0 saturated carbocycles. The smallest absolute Gasteiger partial charge is 0.263 e. The second-order valence-corrected chi connectivity index (χ2v) is 12.3. The summed E-state index contributed by atoms with van der Waals surface area (Å²) in [4.78, 5) is 9.51. The van der Waals surface area contributed by atoms with E-state index in [1.54, 1.807) is 62.1 Å². The van der Waals surface area contributed by atoms with E-state index >= 15 is 0 Å². The number of likely N-dealkylation sites (N-methyl/N-ethyl adjacent to an activating group) is 1. The topological polar surface area (TPSA) is 99.7 Å². The van der Waals surface area contributed by atoms with Crippen LogP contribution in [0.15, 0.2) is 72.0 Å². The van der Waals surface area contributed by atoms with Gasteiger partial charge < -0.3 is 24.0 Å². The first kappa shape index (κ1) is 30.5. The summed E-state index contributed by atoms with van der Waals surface area (Å²) in [7, 11) is 1.82. The largest absolute Gasteiger partial charge is 0.493 e. The van der Waals surface area contributed by atoms with Crippen LogP contribution in [-0.4, -0.2) is 100 Å². The third kappa shape index (κ3) is 7.51. The number of fused-ring (bicyclic) bond motifs is 1. The van der Waals surface area contributed by atoms with Gasteiger partial charge in [-0.1, -0.05) is 6.07 Å². The van der Waals surface area contributed by atoms with Crippen molar-refractivity contribution in [1.29, 1.82) is 0 Å². The van der Waals surface area contributed by atoms with Crippen molar-refractivity contribution in [2.75, 3.05) is 71.8 Å². The third-order valence-electron chi connectivity index (χ3n) is 7.54. The number of nitrogens with one attached hydrogen (secondary N) is 1. The molecule has 2 aliphatic heterocycles. The Morgan fingerprint density at radius 1 is 1.00 bits per heavy atom. The molecule has 3 aromatic rings. The number of methoxy groups -OCH3 is 1. The minimum atomic E-state index is -3.80. The maximum absolute atomic E-state index is 13.1. The standard InChI is InChI=1S/C31H40N6O5S/c1-5-37-23-26(11-14-35(37)3)43(38,39)33-24-8-6-9-25(20-24)42-29-10-12-32-28-22-31(30(40-4)21-27(28)29)41-19-7-13-36-17-15-34(2)16-18-36/h6,8-12,14,20-23,33H,5,7,13,15-19H2,1-4H3. The van der Waals surface area contributed by atoms with Gasteiger partial charge >= 0.3 is 0 Å². The number of ether oxygens (including phenoxy) is 3. The Kier molecular flexibility index (Phi) is 9.59. The van der Waals surface area contributed by atoms with E-state index in [0.29, 0.717) is 47.4 Å². The number of anilines is 1. The molecule has 0 bridgehead atoms. The van der Waals surface area contributed by atoms with Gasteiger partial charge in [0.25, 0.3) is 10.0 Å². The van der Waals surface area contributed by atoms with Crippen molar-refractivity contribution in [3.63, 3.8) is 0 Å². The minimum Gasteiger partial charge on any atom is -0.493 e. The Balaban J connectivity index is 1.27. The van der Waals surface area contributed by atoms with Gasteiger partial charge in [0, 0.05) is 82.4 Å². The maximum Gasteiger partial charge on any atom is 0.263 e. The molecule has 43 heavy (non-hydrogen) atoms. The van der Waals surface area contributed by atoms with Crippen LogP contribution in [0, 0.1) is 0 Å². The summed E-state index contributed by atoms with van der Waals surface area (Å²) < 4.78 is 46.9. The van der Waals surface area contributed by atoms with Crippen molar-refractivity contribution in [2.45, 2.75) is 13.3 Å². The van der Waals surface area contributed by atoms with Gasteiger partial charge in [-0.05, 0) is 50.7 Å². The average molecular weight is 609 g/mol. The van der Waals surface area contributed by atoms with Crippen molar-refractivity contribution in [3.05, 3.63) is 72.0 Å². The normalized spacial score (nSPS) is 16.3. The number of sulfonamides is 1. The molecule has 2 aliphatic rings. The number of pyridine rings is 1. The van der Waals surface area contributed by atoms with Crippen molar-refractivity contribution in [3.8, 4) is 23.0 Å². The van der Waals surface area contributed by atoms with Gasteiger partial charge in [-0.3, -0.25) is 19.7 Å². The predicted octanol–water partition coefficient (Wildman–Crippen LogP) is 4.33. The summed E-state index contributed by atoms with van der Waals surface area (Å²) in [6.45, 7) is 8.53. The van der Waals surface area contributed by atoms with E-state index in [9.17, 15) is 8.42 Å². The molecule has 1 fully saturated rings. The molecule has 5 rings (SSSR count). The highest BCUT2D eigenvalue weighted by Gasteiger charge is 2.21. The summed E-state index contributed by atoms with van der Waals surface area (Å²) in [5.74, 6) is 2.25. The zero-order chi connectivity index (χ0) is 30.4. The lowest BCUT2D eigenvalue weighted by Crippen LogP contribution is -2.44. The van der Waals surface area contributed by atoms with Crippen molar-refractivity contribution >= 4 is 26.6 Å². The fraction of sp³-hybridized carbons (Fsp3) is 0.387. The molecule has 1 saturated heterocycles. The molecule has 11 nitrogen and oxygen atoms in total. The molecule has 0 atom stereocenters. The lowest BCUT2D eigenvalue weighted by molar-refractivity contribution is 0.112. The summed E-state index contributed by atoms with van der Waals surface area (Å²) in [6.07, 6.45) is 7.47. The molecule has 12 heteroatoms. The molecule has 0 aliphatic carbocycles. The average Bonchev–Trinajstić information content (AvgIpc) is 3.00. The van der Waals surface area contributed by atoms with Gasteiger partial charge in [-0.25, -0.2) is 8.42 Å². The van der Waals surface area contributed by atoms with Crippen LogP contribution in [0.1, 0.15) is 13.3 Å². The lowest BCUT2D eigenvalue weighted by atomic mass is 10.1. The Hall–Kier alpha value is -4.00. The Labute approximate surface area is 253 Å². The van der Waals surface area contributed by atoms with E-state index in [1.165, 1.54) is 0 Å². The van der Waals surface area contributed by atoms with E-state index in [2.05, 4.69) is 26.6 Å². The van der Waals surface area contributed by atoms with Gasteiger partial charge in [0.1, 0.15) is 16.4 Å². The highest BCUT2D eigenvalue weighted by Crippen LogP contribution is 2.37. The maximum atomic E-state index is 13.1. The zero-order valence-corrected chi connectivity index (χ0v) is 26.0. The second kappa shape index (κ2) is 13.5. The van der Waals surface area contributed by atoms with Crippen LogP contribution in [0.25, 0.3) is 10.9 Å². The van der Waals surface area contributed by atoms with Crippen molar-refractivity contribution < 1.29 is 22.6 Å². The van der Waals surface area contributed by atoms with Crippen molar-refractivity contribution in [1.82, 2.24) is 24.8 Å². The molecule has 0 unspecified atom stereocenters. The predicted molar refractivity (Wildman–Crippen MR) is 169 cm³/mol. The van der Waals surface area contributed by atoms with Crippen LogP contribution in [-0.2, 0) is 10.0 Å². The first-order valence-corrected chi connectivity index (χ1v) is 15.9. The van der Waals surface area contributed by atoms with Gasteiger partial charge in [0.05, 0.1) is 24.9 Å². The summed E-state index contributed by atoms with van der Waals surface area (Å²) in [5, 5.41) is 4.38. The number of piperazine rings is 1. The molecule has 2 aromatic carbocycles. The van der Waals surface area contributed by atoms with Crippen LogP contribution in [0.2, 0.25) is 0 Å². The molecule has 230 valence electrons. The summed E-state index contributed by atoms with van der Waals surface area (Å²) in [6, 6.07) is 12.3. The SMILES string of the molecule is CCN1C=C(S(=O)(=O)Nc2cccc(Oc3ccnc4cc(OCCCN5CCN(C)CC5)c(OC)cc34)c2)C=CN1C. The van der Waals surface area contributed by atoms with Crippen LogP contribution < -0.4 is 18.9 Å². The number of benzene rings is 2. The van der Waals surface area contributed by atoms with Gasteiger partial charge in [0.2, 0.25) is 0 Å². The molecule has 1 aromatic heterocycles. The Morgan fingerprint density at radius 3 is 2.58 bits per heavy atom. The summed E-state index contributed by atoms with van der Waals surface area (Å²) >= 11 is 0. The minimum absolute atomic E-state index is 0.170. The van der Waals surface area contributed by atoms with Gasteiger partial charge in [0.15, 0.2) is 11.5 Å². The molecule has 0 radical (unpaired) electrons. The fourth-order valence-corrected chi connectivity index (χ4v) is 6.07. The van der Waals surface area contributed by atoms with Crippen LogP contribution in [0.4, 0.5) is 5.69 Å². The van der Waals surface area contributed by atoms with E-state index in [-0.39, 0.29) is 4.91 Å². The van der Waals surface area contributed by atoms with E-state index in [1.807, 2.05) is 36.1 Å². The number of hydrogen-bond donors (Lipinski definition) is 1. The van der Waals surface area contributed by atoms with Crippen molar-refractivity contribution in [2.24, 2.45) is 0 Å². The quantitative estimate of drug-likeness (QED) is 0.299. The molecular formula is C31H40N6O5S. The summed E-state index contributed by atoms with van der Waals surface area (Å²) in [5.41, 5.74) is 1.09. The number of rotatable bonds is 12. The zero-order valence-electron chi connectivity index (χ0n) is 25.2. The molecule has 0 spiro atoms. The second-order valence-electron chi connectivity index (χ2n) is 10.6. The number of hydrazine groups is 1. The number of nitrogens with zero attached hydrogens (tertiary/aromatic N) is 5. The first-order chi connectivity index (χ1) is 20.8. The third-order valence-corrected chi connectivity index (χ3v) is 8.91. The van der Waals surface area contributed by atoms with Crippen LogP contribution >= 0.6 is 0 Å². The molecular weight excluding hydrogens is 568 g/mol. The molecule has 0 amide bonds. The Bertz CT molecular complexity index is 1590. The molecule has 3 heterocycles. The highest BCUT2D eigenvalue weighted by molar-refractivity contribution is 7.96. The number of aromatic nitrogens is 1. The van der Waals surface area contributed by atoms with Gasteiger partial charge in [-0.2, -0.15) is 0 Å². The fourth-order valence-electron chi connectivity index (χ4n) is 5.02. The van der Waals surface area contributed by atoms with E-state index in [0.717, 1.165) is 44.5 Å². The first-order valence-electron chi connectivity index (χ1n) is 14.5. The van der Waals surface area contributed by atoms with Crippen LogP contribution in [0.5, 0.6) is 23.0 Å². The highest BCUT2D eigenvalue weighted by atomic mass is 32.2. The Morgan fingerprint density at radius 2 is 1.81 bits per heavy atom. The monoisotopic (exact) mass is 608 g/mol. The van der Waals surface area contributed by atoms with E-state index < -0.39 is 10.0 Å². The number of hydrogen-bond acceptors (Lipinski definition) is 10. The number of allylic oxidation sites excluding steroid dienone is 1. The van der Waals surface area contributed by atoms with Crippen LogP contribution in [0.3, 0.4) is 0 Å². The molecule has 1 N–H and O–H groups in total. The lowest BCUT2D eigenvalue weighted by Gasteiger charge is -2.32. The van der Waals surface area contributed by atoms with E-state index in [4.69, 9.17) is 14.2 Å².